The van der Waals surface area contributed by atoms with E-state index in [-0.39, 0.29) is 35.8 Å². The maximum atomic E-state index is 12.9. The zero-order chi connectivity index (χ0) is 22.1. The van der Waals surface area contributed by atoms with Crippen LogP contribution < -0.4 is 10.6 Å². The zero-order valence-corrected chi connectivity index (χ0v) is 20.6. The van der Waals surface area contributed by atoms with Gasteiger partial charge in [-0.25, -0.2) is 0 Å². The van der Waals surface area contributed by atoms with Crippen molar-refractivity contribution in [1.82, 2.24) is 20.8 Å². The maximum Gasteiger partial charge on any atom is 0.416 e. The van der Waals surface area contributed by atoms with Gasteiger partial charge in [0.15, 0.2) is 11.8 Å². The van der Waals surface area contributed by atoms with Crippen LogP contribution in [0.25, 0.3) is 0 Å². The smallest absolute Gasteiger partial charge is 0.356 e. The van der Waals surface area contributed by atoms with Crippen LogP contribution in [-0.2, 0) is 12.6 Å². The molecule has 174 valence electrons. The summed E-state index contributed by atoms with van der Waals surface area (Å²) in [5, 5.41) is 10.4. The fraction of sp³-hybridized carbons (Fsp3) is 0.571. The predicted octanol–water partition coefficient (Wildman–Crippen LogP) is 5.12. The summed E-state index contributed by atoms with van der Waals surface area (Å²) < 4.78 is 43.9. The van der Waals surface area contributed by atoms with E-state index in [0.717, 1.165) is 12.5 Å². The van der Waals surface area contributed by atoms with Crippen molar-refractivity contribution in [1.29, 1.82) is 0 Å². The number of aryl methyl sites for hydroxylation is 1. The van der Waals surface area contributed by atoms with E-state index in [1.807, 2.05) is 20.8 Å². The van der Waals surface area contributed by atoms with Gasteiger partial charge in [0.05, 0.1) is 5.56 Å². The second-order valence-corrected chi connectivity index (χ2v) is 7.54. The van der Waals surface area contributed by atoms with Crippen molar-refractivity contribution in [3.63, 3.8) is 0 Å². The molecule has 0 aliphatic carbocycles. The van der Waals surface area contributed by atoms with Gasteiger partial charge in [0, 0.05) is 32.5 Å². The van der Waals surface area contributed by atoms with E-state index in [2.05, 4.69) is 25.8 Å². The Morgan fingerprint density at radius 3 is 2.48 bits per heavy atom. The third-order valence-electron chi connectivity index (χ3n) is 4.74. The van der Waals surface area contributed by atoms with Crippen molar-refractivity contribution >= 4 is 29.9 Å². The number of nitrogens with one attached hydrogen (secondary N) is 2. The maximum absolute atomic E-state index is 12.9. The van der Waals surface area contributed by atoms with Crippen molar-refractivity contribution in [2.24, 2.45) is 4.99 Å². The fourth-order valence-corrected chi connectivity index (χ4v) is 2.87. The molecule has 31 heavy (non-hydrogen) atoms. The number of hydrogen-bond acceptors (Lipinski definition) is 4. The molecule has 0 amide bonds. The highest BCUT2D eigenvalue weighted by molar-refractivity contribution is 14.0. The summed E-state index contributed by atoms with van der Waals surface area (Å²) in [5.74, 6) is 2.22. The molecule has 2 N–H and O–H groups in total. The Bertz CT molecular complexity index is 823. The van der Waals surface area contributed by atoms with Gasteiger partial charge in [-0.05, 0) is 30.4 Å². The average Bonchev–Trinajstić information content (AvgIpc) is 3.18. The SMILES string of the molecule is CN=C(NCCCc1nc(C(C)C)no1)NCCC(C)c1cccc(C(F)(F)F)c1.I. The molecule has 0 radical (unpaired) electrons. The first-order chi connectivity index (χ1) is 14.2. The molecule has 1 atom stereocenters. The van der Waals surface area contributed by atoms with Gasteiger partial charge in [-0.2, -0.15) is 18.2 Å². The first-order valence-corrected chi connectivity index (χ1v) is 10.1. The van der Waals surface area contributed by atoms with E-state index in [0.29, 0.717) is 49.2 Å². The lowest BCUT2D eigenvalue weighted by atomic mass is 9.96. The summed E-state index contributed by atoms with van der Waals surface area (Å²) in [5.41, 5.74) is 0.0638. The van der Waals surface area contributed by atoms with Gasteiger partial charge in [-0.1, -0.05) is 44.1 Å². The van der Waals surface area contributed by atoms with E-state index in [9.17, 15) is 13.2 Å². The van der Waals surface area contributed by atoms with Gasteiger partial charge >= 0.3 is 6.18 Å². The molecular formula is C21H31F3IN5O. The number of alkyl halides is 3. The van der Waals surface area contributed by atoms with Crippen LogP contribution in [0.4, 0.5) is 13.2 Å². The van der Waals surface area contributed by atoms with Crippen molar-refractivity contribution in [3.8, 4) is 0 Å². The average molecular weight is 553 g/mol. The minimum absolute atomic E-state index is 0. The number of aromatic nitrogens is 2. The standard InChI is InChI=1S/C21H30F3N5O.HI/c1-14(2)19-28-18(30-29-19)9-6-11-26-20(25-4)27-12-10-15(3)16-7-5-8-17(13-16)21(22,23)24;/h5,7-8,13-15H,6,9-12H2,1-4H3,(H2,25,26,27);1H. The molecule has 0 aliphatic heterocycles. The van der Waals surface area contributed by atoms with E-state index >= 15 is 0 Å². The highest BCUT2D eigenvalue weighted by atomic mass is 127. The molecule has 1 aromatic heterocycles. The third kappa shape index (κ3) is 9.04. The molecule has 0 aliphatic rings. The third-order valence-corrected chi connectivity index (χ3v) is 4.74. The molecule has 1 aromatic carbocycles. The number of aliphatic imine (C=N–C) groups is 1. The van der Waals surface area contributed by atoms with Gasteiger partial charge in [-0.15, -0.1) is 24.0 Å². The van der Waals surface area contributed by atoms with Crippen molar-refractivity contribution in [2.75, 3.05) is 20.1 Å². The topological polar surface area (TPSA) is 75.3 Å². The van der Waals surface area contributed by atoms with Crippen LogP contribution in [0.3, 0.4) is 0 Å². The van der Waals surface area contributed by atoms with Gasteiger partial charge < -0.3 is 15.2 Å². The van der Waals surface area contributed by atoms with Gasteiger partial charge in [0.2, 0.25) is 5.89 Å². The molecule has 1 unspecified atom stereocenters. The molecule has 0 saturated carbocycles. The highest BCUT2D eigenvalue weighted by Gasteiger charge is 2.30. The first kappa shape index (κ1) is 27.2. The quantitative estimate of drug-likeness (QED) is 0.195. The van der Waals surface area contributed by atoms with Gasteiger partial charge in [0.1, 0.15) is 0 Å². The van der Waals surface area contributed by atoms with Crippen LogP contribution in [0.2, 0.25) is 0 Å². The second kappa shape index (κ2) is 12.9. The Kier molecular flexibility index (Phi) is 11.3. The minimum atomic E-state index is -4.32. The molecule has 0 spiro atoms. The number of rotatable bonds is 9. The summed E-state index contributed by atoms with van der Waals surface area (Å²) in [4.78, 5) is 8.51. The Labute approximate surface area is 198 Å². The van der Waals surface area contributed by atoms with Gasteiger partial charge in [0.25, 0.3) is 0 Å². The van der Waals surface area contributed by atoms with Crippen molar-refractivity contribution < 1.29 is 17.7 Å². The number of hydrogen-bond donors (Lipinski definition) is 2. The van der Waals surface area contributed by atoms with Crippen LogP contribution >= 0.6 is 24.0 Å². The summed E-state index contributed by atoms with van der Waals surface area (Å²) in [6, 6.07) is 5.50. The normalized spacial score (nSPS) is 13.1. The summed E-state index contributed by atoms with van der Waals surface area (Å²) in [6.07, 6.45) is -2.16. The Morgan fingerprint density at radius 1 is 1.16 bits per heavy atom. The van der Waals surface area contributed by atoms with Crippen LogP contribution in [0, 0.1) is 0 Å². The monoisotopic (exact) mass is 553 g/mol. The van der Waals surface area contributed by atoms with Crippen LogP contribution in [0.1, 0.15) is 68.3 Å². The molecule has 0 bridgehead atoms. The van der Waals surface area contributed by atoms with Gasteiger partial charge in [-0.3, -0.25) is 4.99 Å². The zero-order valence-electron chi connectivity index (χ0n) is 18.3. The Balaban J connectivity index is 0.00000480. The molecule has 1 heterocycles. The lowest BCUT2D eigenvalue weighted by molar-refractivity contribution is -0.137. The number of benzene rings is 1. The Morgan fingerprint density at radius 2 is 1.87 bits per heavy atom. The molecule has 2 rings (SSSR count). The number of guanidine groups is 1. The highest BCUT2D eigenvalue weighted by Crippen LogP contribution is 2.31. The molecular weight excluding hydrogens is 522 g/mol. The minimum Gasteiger partial charge on any atom is -0.356 e. The largest absolute Gasteiger partial charge is 0.416 e. The van der Waals surface area contributed by atoms with E-state index in [1.54, 1.807) is 13.1 Å². The molecule has 0 saturated heterocycles. The lowest BCUT2D eigenvalue weighted by Crippen LogP contribution is -2.38. The lowest BCUT2D eigenvalue weighted by Gasteiger charge is -2.16. The summed E-state index contributed by atoms with van der Waals surface area (Å²) in [7, 11) is 1.68. The second-order valence-electron chi connectivity index (χ2n) is 7.54. The molecule has 0 fully saturated rings. The summed E-state index contributed by atoms with van der Waals surface area (Å²) in [6.45, 7) is 7.23. The van der Waals surface area contributed by atoms with Crippen LogP contribution in [0.5, 0.6) is 0 Å². The van der Waals surface area contributed by atoms with Crippen LogP contribution in [0.15, 0.2) is 33.8 Å². The predicted molar refractivity (Wildman–Crippen MR) is 126 cm³/mol. The number of halogens is 4. The van der Waals surface area contributed by atoms with Crippen LogP contribution in [-0.4, -0.2) is 36.2 Å². The first-order valence-electron chi connectivity index (χ1n) is 10.1. The molecule has 10 heteroatoms. The Hall–Kier alpha value is -1.85. The summed E-state index contributed by atoms with van der Waals surface area (Å²) >= 11 is 0. The van der Waals surface area contributed by atoms with Crippen molar-refractivity contribution in [3.05, 3.63) is 47.1 Å². The number of nitrogens with zero attached hydrogens (tertiary/aromatic N) is 3. The van der Waals surface area contributed by atoms with E-state index in [1.165, 1.54) is 12.1 Å². The molecule has 6 nitrogen and oxygen atoms in total. The van der Waals surface area contributed by atoms with E-state index in [4.69, 9.17) is 4.52 Å². The van der Waals surface area contributed by atoms with E-state index < -0.39 is 11.7 Å². The van der Waals surface area contributed by atoms with Crippen molar-refractivity contribution in [2.45, 2.75) is 58.0 Å². The molecule has 2 aromatic rings. The fourth-order valence-electron chi connectivity index (χ4n) is 2.87.